The molecule has 4 aromatic heterocycles. The molecule has 1 unspecified atom stereocenters. The van der Waals surface area contributed by atoms with Gasteiger partial charge in [-0.05, 0) is 57.2 Å². The predicted octanol–water partition coefficient (Wildman–Crippen LogP) is 3.45. The molecule has 320 valence electrons. The van der Waals surface area contributed by atoms with Gasteiger partial charge in [-0.2, -0.15) is 10.2 Å². The van der Waals surface area contributed by atoms with Crippen LogP contribution in [0.2, 0.25) is 0 Å². The molecule has 0 aliphatic carbocycles. The van der Waals surface area contributed by atoms with Crippen molar-refractivity contribution in [2.45, 2.75) is 53.1 Å². The monoisotopic (exact) mass is 842 g/mol. The Balaban J connectivity index is 1.26. The lowest BCUT2D eigenvalue weighted by Gasteiger charge is -2.27. The molecule has 7 rings (SSSR count). The Morgan fingerprint density at radius 2 is 1.59 bits per heavy atom. The Kier molecular flexibility index (Phi) is 12.0. The summed E-state index contributed by atoms with van der Waals surface area (Å²) in [7, 11) is 0. The molecule has 0 saturated carbocycles. The van der Waals surface area contributed by atoms with Gasteiger partial charge in [0.25, 0.3) is 17.7 Å². The maximum absolute atomic E-state index is 13.7. The van der Waals surface area contributed by atoms with Crippen LogP contribution < -0.4 is 37.1 Å². The number of aliphatic hydroxyl groups is 1. The van der Waals surface area contributed by atoms with E-state index in [9.17, 15) is 33.1 Å². The molecular formula is C40H44F2N12O7. The van der Waals surface area contributed by atoms with E-state index in [0.29, 0.717) is 51.4 Å². The fourth-order valence-electron chi connectivity index (χ4n) is 7.27. The number of primary amides is 2. The third kappa shape index (κ3) is 8.44. The number of anilines is 3. The highest BCUT2D eigenvalue weighted by atomic mass is 19.1. The molecule has 1 aliphatic rings. The van der Waals surface area contributed by atoms with E-state index in [2.05, 4.69) is 31.1 Å². The number of hydrogen-bond acceptors (Lipinski definition) is 12. The number of nitrogens with zero attached hydrogens (tertiary/aromatic N) is 7. The zero-order valence-electron chi connectivity index (χ0n) is 33.5. The topological polar surface area (TPSA) is 256 Å². The minimum atomic E-state index is -0.938. The third-order valence-electron chi connectivity index (χ3n) is 9.82. The fourth-order valence-corrected chi connectivity index (χ4v) is 7.27. The van der Waals surface area contributed by atoms with Crippen molar-refractivity contribution in [3.8, 4) is 5.75 Å². The number of fused-ring (bicyclic) bond motifs is 4. The van der Waals surface area contributed by atoms with Gasteiger partial charge in [0.1, 0.15) is 47.5 Å². The van der Waals surface area contributed by atoms with Crippen LogP contribution in [0.3, 0.4) is 0 Å². The van der Waals surface area contributed by atoms with Crippen molar-refractivity contribution in [3.63, 3.8) is 0 Å². The quantitative estimate of drug-likeness (QED) is 0.0538. The molecule has 4 amide bonds. The van der Waals surface area contributed by atoms with E-state index in [1.54, 1.807) is 54.5 Å². The number of amides is 4. The fraction of sp³-hybridized carbons (Fsp3) is 0.325. The molecule has 6 aromatic rings. The van der Waals surface area contributed by atoms with Crippen molar-refractivity contribution >= 4 is 63.0 Å². The zero-order chi connectivity index (χ0) is 43.5. The molecule has 0 fully saturated rings. The SMILES string of the molecule is Cc1cc(C(=O)Nc2nc3cc(C(N)=O)c4oc(C)cc4c3n2C/C=C/CN2c3c(cc(C(N)=O)cc3OCCCO)NC2NC(=O)c2cc(C)nn2CCF)n(CCF)n1. The van der Waals surface area contributed by atoms with Crippen LogP contribution in [0.4, 0.5) is 26.1 Å². The van der Waals surface area contributed by atoms with E-state index in [4.69, 9.17) is 20.6 Å². The first kappa shape index (κ1) is 41.9. The first-order valence-corrected chi connectivity index (χ1v) is 19.3. The summed E-state index contributed by atoms with van der Waals surface area (Å²) in [6.07, 6.45) is 2.93. The molecular weight excluding hydrogens is 799 g/mol. The minimum Gasteiger partial charge on any atom is -0.491 e. The van der Waals surface area contributed by atoms with Gasteiger partial charge in [0.05, 0.1) is 53.4 Å². The van der Waals surface area contributed by atoms with Crippen molar-refractivity contribution in [3.05, 3.63) is 88.2 Å². The van der Waals surface area contributed by atoms with Crippen LogP contribution in [0.5, 0.6) is 5.75 Å². The molecule has 0 bridgehead atoms. The molecule has 21 heteroatoms. The van der Waals surface area contributed by atoms with Gasteiger partial charge in [0, 0.05) is 37.1 Å². The second kappa shape index (κ2) is 17.5. The van der Waals surface area contributed by atoms with Crippen LogP contribution in [0.25, 0.3) is 22.0 Å². The van der Waals surface area contributed by atoms with Crippen LogP contribution in [0.1, 0.15) is 65.3 Å². The van der Waals surface area contributed by atoms with Crippen molar-refractivity contribution in [1.29, 1.82) is 0 Å². The first-order valence-electron chi connectivity index (χ1n) is 19.3. The van der Waals surface area contributed by atoms with Gasteiger partial charge >= 0.3 is 0 Å². The Bertz CT molecular complexity index is 2700. The maximum Gasteiger partial charge on any atom is 0.276 e. The largest absolute Gasteiger partial charge is 0.491 e. The highest BCUT2D eigenvalue weighted by molar-refractivity contribution is 6.14. The van der Waals surface area contributed by atoms with Crippen LogP contribution in [0, 0.1) is 20.8 Å². The van der Waals surface area contributed by atoms with Crippen molar-refractivity contribution in [2.75, 3.05) is 48.6 Å². The molecule has 61 heavy (non-hydrogen) atoms. The van der Waals surface area contributed by atoms with E-state index < -0.39 is 43.3 Å². The minimum absolute atomic E-state index is 0.0918. The van der Waals surface area contributed by atoms with E-state index in [1.807, 2.05) is 0 Å². The zero-order valence-corrected chi connectivity index (χ0v) is 33.5. The van der Waals surface area contributed by atoms with Crippen molar-refractivity contribution in [1.82, 2.24) is 34.4 Å². The molecule has 0 saturated heterocycles. The second-order valence-electron chi connectivity index (χ2n) is 14.2. The van der Waals surface area contributed by atoms with Crippen LogP contribution in [-0.2, 0) is 19.6 Å². The highest BCUT2D eigenvalue weighted by Crippen LogP contribution is 2.43. The number of rotatable bonds is 18. The molecule has 0 spiro atoms. The van der Waals surface area contributed by atoms with Crippen LogP contribution >= 0.6 is 0 Å². The average molecular weight is 843 g/mol. The van der Waals surface area contributed by atoms with E-state index in [-0.39, 0.29) is 79.2 Å². The van der Waals surface area contributed by atoms with Crippen molar-refractivity contribution < 1.29 is 42.2 Å². The van der Waals surface area contributed by atoms with Crippen molar-refractivity contribution in [2.24, 2.45) is 11.5 Å². The third-order valence-corrected chi connectivity index (χ3v) is 9.82. The Labute approximate surface area is 346 Å². The number of nitrogens with one attached hydrogen (secondary N) is 3. The Morgan fingerprint density at radius 3 is 2.23 bits per heavy atom. The lowest BCUT2D eigenvalue weighted by atomic mass is 10.1. The summed E-state index contributed by atoms with van der Waals surface area (Å²) < 4.78 is 43.0. The second-order valence-corrected chi connectivity index (χ2v) is 14.2. The molecule has 5 heterocycles. The van der Waals surface area contributed by atoms with Gasteiger partial charge in [0.2, 0.25) is 11.9 Å². The van der Waals surface area contributed by atoms with Crippen LogP contribution in [-0.4, -0.2) is 97.2 Å². The normalized spacial score (nSPS) is 13.6. The predicted molar refractivity (Wildman–Crippen MR) is 220 cm³/mol. The van der Waals surface area contributed by atoms with E-state index >= 15 is 0 Å². The van der Waals surface area contributed by atoms with Gasteiger partial charge in [-0.15, -0.1) is 0 Å². The molecule has 1 atom stereocenters. The van der Waals surface area contributed by atoms with E-state index in [0.717, 1.165) is 0 Å². The number of ether oxygens (including phenoxy) is 1. The summed E-state index contributed by atoms with van der Waals surface area (Å²) >= 11 is 0. The number of aryl methyl sites for hydroxylation is 5. The lowest BCUT2D eigenvalue weighted by Crippen LogP contribution is -2.50. The summed E-state index contributed by atoms with van der Waals surface area (Å²) in [5, 5.41) is 27.4. The number of furan rings is 1. The highest BCUT2D eigenvalue weighted by Gasteiger charge is 2.34. The number of benzene rings is 2. The summed E-state index contributed by atoms with van der Waals surface area (Å²) in [4.78, 5) is 58.8. The molecule has 0 radical (unpaired) electrons. The Hall–Kier alpha value is -7.29. The summed E-state index contributed by atoms with van der Waals surface area (Å²) in [5.74, 6) is -1.77. The number of imidazole rings is 1. The number of alkyl halides is 2. The van der Waals surface area contributed by atoms with Crippen LogP contribution in [0.15, 0.2) is 53.0 Å². The smallest absolute Gasteiger partial charge is 0.276 e. The molecule has 1 aliphatic heterocycles. The number of hydrogen-bond donors (Lipinski definition) is 6. The van der Waals surface area contributed by atoms with E-state index in [1.165, 1.54) is 33.6 Å². The number of carbonyl (C=O) groups is 4. The molecule has 8 N–H and O–H groups in total. The lowest BCUT2D eigenvalue weighted by molar-refractivity contribution is 0.0928. The number of aromatic nitrogens is 6. The summed E-state index contributed by atoms with van der Waals surface area (Å²) in [6.45, 7) is 3.50. The number of allylic oxidation sites excluding steroid dienone is 1. The average Bonchev–Trinajstić information content (AvgIpc) is 4.03. The maximum atomic E-state index is 13.7. The molecule has 19 nitrogen and oxygen atoms in total. The number of nitrogens with two attached hydrogens (primary N) is 2. The first-order chi connectivity index (χ1) is 29.3. The van der Waals surface area contributed by atoms with Gasteiger partial charge in [-0.1, -0.05) is 12.2 Å². The summed E-state index contributed by atoms with van der Waals surface area (Å²) in [6, 6.07) is 9.30. The standard InChI is InChI=1S/C40H44F2N12O7/c1-21-15-29(53(49-21)11-7-41)37(58)47-39-46-28-20-26(36(44)57)34-25(17-23(3)61-34)32(28)51(39)9-4-5-10-52-33-27(18-24(35(43)56)19-31(33)60-14-6-13-55)45-40(52)48-38(59)30-16-22(2)50-54(30)12-8-42/h4-5,15-20,40,45,55H,6-14H2,1-3H3,(H2,43,56)(H2,44,57)(H,48,59)(H,46,47,58)/b5-4+. The summed E-state index contributed by atoms with van der Waals surface area (Å²) in [5.41, 5.74) is 14.9. The Morgan fingerprint density at radius 1 is 0.918 bits per heavy atom. The number of aliphatic hydroxyl groups excluding tert-OH is 1. The van der Waals surface area contributed by atoms with Gasteiger partial charge in [0.15, 0.2) is 6.29 Å². The van der Waals surface area contributed by atoms with Gasteiger partial charge < -0.3 is 45.8 Å². The van der Waals surface area contributed by atoms with Gasteiger partial charge in [-0.3, -0.25) is 33.9 Å². The number of halogens is 2. The van der Waals surface area contributed by atoms with Gasteiger partial charge in [-0.25, -0.2) is 13.8 Å². The number of carbonyl (C=O) groups excluding carboxylic acids is 4. The molecule has 2 aromatic carbocycles.